The van der Waals surface area contributed by atoms with Gasteiger partial charge in [0.25, 0.3) is 0 Å². The first kappa shape index (κ1) is 15.0. The van der Waals surface area contributed by atoms with Crippen molar-refractivity contribution in [3.8, 4) is 0 Å². The molecule has 5 nitrogen and oxygen atoms in total. The summed E-state index contributed by atoms with van der Waals surface area (Å²) < 4.78 is 0. The highest BCUT2D eigenvalue weighted by molar-refractivity contribution is 7.80. The summed E-state index contributed by atoms with van der Waals surface area (Å²) in [6.07, 6.45) is 2.49. The quantitative estimate of drug-likeness (QED) is 0.737. The fourth-order valence-electron chi connectivity index (χ4n) is 2.92. The lowest BCUT2D eigenvalue weighted by Gasteiger charge is -2.26. The van der Waals surface area contributed by atoms with Crippen molar-refractivity contribution in [2.45, 2.75) is 25.4 Å². The molecule has 1 aliphatic rings. The van der Waals surface area contributed by atoms with Crippen LogP contribution in [0.25, 0.3) is 0 Å². The fraction of sp³-hybridized carbons (Fsp3) is 0.375. The van der Waals surface area contributed by atoms with Crippen molar-refractivity contribution >= 4 is 17.3 Å². The van der Waals surface area contributed by atoms with Crippen molar-refractivity contribution in [3.05, 3.63) is 53.6 Å². The molecule has 2 atom stereocenters. The standard InChI is InChI=1S/C16H20N4OS/c1-11-6-7-13(18-11)15-14(12-5-2-3-8-17-12)19-16(22)20(15)9-4-10-21/h2-3,5-8,14-15,18,21H,4,9-10H2,1H3,(H,19,22). The molecule has 0 spiro atoms. The summed E-state index contributed by atoms with van der Waals surface area (Å²) >= 11 is 5.51. The van der Waals surface area contributed by atoms with Gasteiger partial charge in [0, 0.05) is 30.7 Å². The number of nitrogens with zero attached hydrogens (tertiary/aromatic N) is 2. The van der Waals surface area contributed by atoms with Crippen molar-refractivity contribution in [3.63, 3.8) is 0 Å². The number of hydrogen-bond acceptors (Lipinski definition) is 3. The van der Waals surface area contributed by atoms with Crippen LogP contribution in [0.15, 0.2) is 36.5 Å². The number of rotatable bonds is 5. The Bertz CT molecular complexity index is 643. The minimum atomic E-state index is 0.00504. The van der Waals surface area contributed by atoms with Crippen LogP contribution >= 0.6 is 12.2 Å². The van der Waals surface area contributed by atoms with Gasteiger partial charge in [-0.05, 0) is 49.8 Å². The molecule has 116 valence electrons. The van der Waals surface area contributed by atoms with Gasteiger partial charge in [0.05, 0.1) is 17.8 Å². The van der Waals surface area contributed by atoms with Gasteiger partial charge in [-0.3, -0.25) is 4.98 Å². The Balaban J connectivity index is 1.96. The van der Waals surface area contributed by atoms with Gasteiger partial charge in [0.2, 0.25) is 0 Å². The van der Waals surface area contributed by atoms with Gasteiger partial charge < -0.3 is 20.3 Å². The molecule has 3 heterocycles. The van der Waals surface area contributed by atoms with E-state index in [2.05, 4.69) is 32.3 Å². The number of aryl methyl sites for hydroxylation is 1. The highest BCUT2D eigenvalue weighted by Crippen LogP contribution is 2.37. The lowest BCUT2D eigenvalue weighted by molar-refractivity contribution is 0.246. The topological polar surface area (TPSA) is 64.2 Å². The average molecular weight is 316 g/mol. The molecule has 0 saturated carbocycles. The zero-order valence-electron chi connectivity index (χ0n) is 12.5. The maximum atomic E-state index is 9.15. The van der Waals surface area contributed by atoms with Crippen LogP contribution in [0, 0.1) is 6.92 Å². The number of aliphatic hydroxyl groups excluding tert-OH is 1. The molecule has 2 aromatic rings. The molecule has 6 heteroatoms. The molecular weight excluding hydrogens is 296 g/mol. The molecule has 0 bridgehead atoms. The SMILES string of the molecule is Cc1ccc(C2C(c3ccccn3)NC(=S)N2CCCO)[nH]1. The summed E-state index contributed by atoms with van der Waals surface area (Å²) in [5.74, 6) is 0. The van der Waals surface area contributed by atoms with E-state index in [1.807, 2.05) is 25.1 Å². The van der Waals surface area contributed by atoms with E-state index in [-0.39, 0.29) is 18.7 Å². The zero-order chi connectivity index (χ0) is 15.5. The van der Waals surface area contributed by atoms with Crippen LogP contribution in [0.4, 0.5) is 0 Å². The van der Waals surface area contributed by atoms with Crippen LogP contribution < -0.4 is 5.32 Å². The molecule has 22 heavy (non-hydrogen) atoms. The van der Waals surface area contributed by atoms with E-state index in [1.54, 1.807) is 6.20 Å². The molecule has 0 radical (unpaired) electrons. The minimum Gasteiger partial charge on any atom is -0.396 e. The van der Waals surface area contributed by atoms with Gasteiger partial charge in [-0.2, -0.15) is 0 Å². The smallest absolute Gasteiger partial charge is 0.170 e. The van der Waals surface area contributed by atoms with Gasteiger partial charge in [-0.25, -0.2) is 0 Å². The summed E-state index contributed by atoms with van der Waals surface area (Å²) in [5.41, 5.74) is 3.20. The molecule has 2 unspecified atom stereocenters. The fourth-order valence-corrected chi connectivity index (χ4v) is 3.26. The summed E-state index contributed by atoms with van der Waals surface area (Å²) in [6.45, 7) is 2.91. The Morgan fingerprint density at radius 1 is 1.32 bits per heavy atom. The van der Waals surface area contributed by atoms with E-state index in [4.69, 9.17) is 17.3 Å². The molecular formula is C16H20N4OS. The summed E-state index contributed by atoms with van der Waals surface area (Å²) in [7, 11) is 0. The molecule has 3 N–H and O–H groups in total. The summed E-state index contributed by atoms with van der Waals surface area (Å²) in [5, 5.41) is 13.2. The molecule has 2 aromatic heterocycles. The molecule has 1 fully saturated rings. The number of pyridine rings is 1. The van der Waals surface area contributed by atoms with Crippen LogP contribution in [0.1, 0.15) is 35.6 Å². The third-order valence-electron chi connectivity index (χ3n) is 3.93. The lowest BCUT2D eigenvalue weighted by atomic mass is 10.0. The second-order valence-corrected chi connectivity index (χ2v) is 5.88. The van der Waals surface area contributed by atoms with Crippen molar-refractivity contribution in [1.29, 1.82) is 0 Å². The average Bonchev–Trinajstić information content (AvgIpc) is 3.09. The number of aromatic nitrogens is 2. The van der Waals surface area contributed by atoms with Crippen LogP contribution in [0.5, 0.6) is 0 Å². The van der Waals surface area contributed by atoms with Crippen LogP contribution in [-0.2, 0) is 0 Å². The van der Waals surface area contributed by atoms with E-state index in [1.165, 1.54) is 0 Å². The minimum absolute atomic E-state index is 0.00504. The number of aromatic amines is 1. The number of nitrogens with one attached hydrogen (secondary N) is 2. The molecule has 3 rings (SSSR count). The van der Waals surface area contributed by atoms with E-state index >= 15 is 0 Å². The Morgan fingerprint density at radius 3 is 2.82 bits per heavy atom. The van der Waals surface area contributed by atoms with Gasteiger partial charge in [0.1, 0.15) is 0 Å². The summed E-state index contributed by atoms with van der Waals surface area (Å²) in [4.78, 5) is 10.0. The normalized spacial score (nSPS) is 21.2. The Kier molecular flexibility index (Phi) is 4.40. The van der Waals surface area contributed by atoms with Gasteiger partial charge in [-0.15, -0.1) is 0 Å². The van der Waals surface area contributed by atoms with Crippen molar-refractivity contribution in [1.82, 2.24) is 20.2 Å². The second-order valence-electron chi connectivity index (χ2n) is 5.49. The van der Waals surface area contributed by atoms with E-state index in [0.29, 0.717) is 18.1 Å². The van der Waals surface area contributed by atoms with E-state index in [0.717, 1.165) is 17.1 Å². The van der Waals surface area contributed by atoms with Gasteiger partial charge >= 0.3 is 0 Å². The molecule has 0 amide bonds. The number of thiocarbonyl (C=S) groups is 1. The highest BCUT2D eigenvalue weighted by atomic mass is 32.1. The predicted molar refractivity (Wildman–Crippen MR) is 89.4 cm³/mol. The van der Waals surface area contributed by atoms with E-state index in [9.17, 15) is 0 Å². The van der Waals surface area contributed by atoms with Gasteiger partial charge in [0.15, 0.2) is 5.11 Å². The molecule has 0 aromatic carbocycles. The summed E-state index contributed by atoms with van der Waals surface area (Å²) in [6, 6.07) is 10.1. The Hall–Kier alpha value is -1.92. The first-order valence-electron chi connectivity index (χ1n) is 7.45. The number of aliphatic hydroxyl groups is 1. The van der Waals surface area contributed by atoms with Gasteiger partial charge in [-0.1, -0.05) is 6.07 Å². The molecule has 1 saturated heterocycles. The molecule has 1 aliphatic heterocycles. The largest absolute Gasteiger partial charge is 0.396 e. The maximum Gasteiger partial charge on any atom is 0.170 e. The molecule has 0 aliphatic carbocycles. The first-order valence-corrected chi connectivity index (χ1v) is 7.86. The van der Waals surface area contributed by atoms with E-state index < -0.39 is 0 Å². The Morgan fingerprint density at radius 2 is 2.18 bits per heavy atom. The third kappa shape index (κ3) is 2.84. The van der Waals surface area contributed by atoms with Crippen LogP contribution in [0.2, 0.25) is 0 Å². The predicted octanol–water partition coefficient (Wildman–Crippen LogP) is 2.07. The van der Waals surface area contributed by atoms with Crippen LogP contribution in [-0.4, -0.2) is 38.2 Å². The lowest BCUT2D eigenvalue weighted by Crippen LogP contribution is -2.31. The zero-order valence-corrected chi connectivity index (χ0v) is 13.3. The second kappa shape index (κ2) is 6.46. The number of H-pyrrole nitrogens is 1. The number of hydrogen-bond donors (Lipinski definition) is 3. The maximum absolute atomic E-state index is 9.15. The monoisotopic (exact) mass is 316 g/mol. The third-order valence-corrected chi connectivity index (χ3v) is 4.28. The van der Waals surface area contributed by atoms with Crippen LogP contribution in [0.3, 0.4) is 0 Å². The Labute approximate surface area is 135 Å². The van der Waals surface area contributed by atoms with Crippen molar-refractivity contribution in [2.24, 2.45) is 0 Å². The van der Waals surface area contributed by atoms with Crippen molar-refractivity contribution in [2.75, 3.05) is 13.2 Å². The highest BCUT2D eigenvalue weighted by Gasteiger charge is 2.39. The first-order chi connectivity index (χ1) is 10.7. The van der Waals surface area contributed by atoms with Crippen molar-refractivity contribution < 1.29 is 5.11 Å².